The number of carbonyl (C=O) groups excluding carboxylic acids is 1. The van der Waals surface area contributed by atoms with Gasteiger partial charge in [0.1, 0.15) is 0 Å². The lowest BCUT2D eigenvalue weighted by Gasteiger charge is -2.05. The minimum absolute atomic E-state index is 0.0958. The number of carbonyl (C=O) groups is 1. The van der Waals surface area contributed by atoms with Crippen molar-refractivity contribution in [1.82, 2.24) is 0 Å². The largest absolute Gasteiger partial charge is 0.398 e. The molecule has 0 aromatic heterocycles. The van der Waals surface area contributed by atoms with Gasteiger partial charge in [-0.3, -0.25) is 9.00 Å². The standard InChI is InChI=1S/C9H11BrN2O2S/c10-6-1-2-7(11)8(5-6)15(14)4-3-9(12)13/h1-2,5H,3-4,11H2,(H2,12,13). The van der Waals surface area contributed by atoms with Crippen molar-refractivity contribution in [3.05, 3.63) is 22.7 Å². The van der Waals surface area contributed by atoms with Crippen LogP contribution in [0.4, 0.5) is 5.69 Å². The molecular formula is C9H11BrN2O2S. The lowest BCUT2D eigenvalue weighted by Crippen LogP contribution is -2.14. The molecule has 0 radical (unpaired) electrons. The molecule has 4 N–H and O–H groups in total. The van der Waals surface area contributed by atoms with Gasteiger partial charge >= 0.3 is 0 Å². The highest BCUT2D eigenvalue weighted by molar-refractivity contribution is 9.10. The smallest absolute Gasteiger partial charge is 0.218 e. The highest BCUT2D eigenvalue weighted by Gasteiger charge is 2.09. The van der Waals surface area contributed by atoms with Gasteiger partial charge in [0.2, 0.25) is 5.91 Å². The number of halogens is 1. The molecule has 1 aromatic carbocycles. The maximum Gasteiger partial charge on any atom is 0.218 e. The van der Waals surface area contributed by atoms with Crippen molar-refractivity contribution < 1.29 is 9.00 Å². The van der Waals surface area contributed by atoms with Crippen LogP contribution in [0, 0.1) is 0 Å². The summed E-state index contributed by atoms with van der Waals surface area (Å²) in [5.74, 6) is -0.257. The van der Waals surface area contributed by atoms with Crippen LogP contribution in [0.3, 0.4) is 0 Å². The second-order valence-electron chi connectivity index (χ2n) is 2.95. The maximum absolute atomic E-state index is 11.7. The summed E-state index contributed by atoms with van der Waals surface area (Å²) in [6, 6.07) is 5.12. The normalized spacial score (nSPS) is 12.3. The van der Waals surface area contributed by atoms with E-state index in [1.54, 1.807) is 18.2 Å². The van der Waals surface area contributed by atoms with E-state index >= 15 is 0 Å². The second-order valence-corrected chi connectivity index (χ2v) is 5.40. The molecule has 0 aliphatic rings. The van der Waals surface area contributed by atoms with Gasteiger partial charge in [-0.15, -0.1) is 0 Å². The van der Waals surface area contributed by atoms with Crippen molar-refractivity contribution in [1.29, 1.82) is 0 Å². The Morgan fingerprint density at radius 1 is 1.47 bits per heavy atom. The zero-order valence-corrected chi connectivity index (χ0v) is 10.3. The fourth-order valence-corrected chi connectivity index (χ4v) is 2.72. The average molecular weight is 291 g/mol. The van der Waals surface area contributed by atoms with Crippen LogP contribution in [0.15, 0.2) is 27.6 Å². The third-order valence-electron chi connectivity index (χ3n) is 1.75. The number of nitrogens with two attached hydrogens (primary N) is 2. The number of anilines is 1. The van der Waals surface area contributed by atoms with Gasteiger partial charge in [0.05, 0.1) is 15.7 Å². The van der Waals surface area contributed by atoms with Crippen LogP contribution in [0.2, 0.25) is 0 Å². The average Bonchev–Trinajstić information content (AvgIpc) is 2.18. The van der Waals surface area contributed by atoms with E-state index in [9.17, 15) is 9.00 Å². The van der Waals surface area contributed by atoms with Gasteiger partial charge in [-0.2, -0.15) is 0 Å². The van der Waals surface area contributed by atoms with Crippen LogP contribution in [0.25, 0.3) is 0 Å². The lowest BCUT2D eigenvalue weighted by atomic mass is 10.3. The Balaban J connectivity index is 2.81. The molecule has 4 nitrogen and oxygen atoms in total. The summed E-state index contributed by atoms with van der Waals surface area (Å²) in [4.78, 5) is 11.1. The number of nitrogen functional groups attached to an aromatic ring is 1. The van der Waals surface area contributed by atoms with Gasteiger partial charge in [0.25, 0.3) is 0 Å². The summed E-state index contributed by atoms with van der Waals surface area (Å²) in [5.41, 5.74) is 11.1. The predicted molar refractivity (Wildman–Crippen MR) is 63.6 cm³/mol. The van der Waals surface area contributed by atoms with E-state index in [4.69, 9.17) is 11.5 Å². The fraction of sp³-hybridized carbons (Fsp3) is 0.222. The molecule has 1 unspecified atom stereocenters. The SMILES string of the molecule is NC(=O)CCS(=O)c1cc(Br)ccc1N. The lowest BCUT2D eigenvalue weighted by molar-refractivity contribution is -0.117. The van der Waals surface area contributed by atoms with Crippen LogP contribution >= 0.6 is 15.9 Å². The van der Waals surface area contributed by atoms with Crippen molar-refractivity contribution in [2.24, 2.45) is 5.73 Å². The van der Waals surface area contributed by atoms with Crippen LogP contribution in [0.5, 0.6) is 0 Å². The van der Waals surface area contributed by atoms with Crippen molar-refractivity contribution >= 4 is 38.3 Å². The van der Waals surface area contributed by atoms with Crippen molar-refractivity contribution in [3.8, 4) is 0 Å². The molecule has 1 rings (SSSR count). The minimum atomic E-state index is -1.28. The summed E-state index contributed by atoms with van der Waals surface area (Å²) in [5, 5.41) is 0. The maximum atomic E-state index is 11.7. The monoisotopic (exact) mass is 290 g/mol. The van der Waals surface area contributed by atoms with Gasteiger partial charge in [0, 0.05) is 22.3 Å². The molecule has 0 saturated carbocycles. The quantitative estimate of drug-likeness (QED) is 0.812. The Labute approximate surface area is 98.6 Å². The fourth-order valence-electron chi connectivity index (χ4n) is 1.01. The number of primary amides is 1. The summed E-state index contributed by atoms with van der Waals surface area (Å²) >= 11 is 3.26. The summed E-state index contributed by atoms with van der Waals surface area (Å²) in [6.07, 6.45) is 0.0958. The molecule has 6 heteroatoms. The van der Waals surface area contributed by atoms with E-state index in [0.29, 0.717) is 10.6 Å². The van der Waals surface area contributed by atoms with Crippen molar-refractivity contribution in [3.63, 3.8) is 0 Å². The van der Waals surface area contributed by atoms with E-state index in [1.807, 2.05) is 0 Å². The van der Waals surface area contributed by atoms with Gasteiger partial charge in [-0.1, -0.05) is 15.9 Å². The molecule has 1 atom stereocenters. The molecule has 1 aromatic rings. The first-order valence-corrected chi connectivity index (χ1v) is 6.33. The zero-order valence-electron chi connectivity index (χ0n) is 7.90. The van der Waals surface area contributed by atoms with Gasteiger partial charge in [-0.05, 0) is 18.2 Å². The Kier molecular flexibility index (Phi) is 4.28. The van der Waals surface area contributed by atoms with Crippen LogP contribution in [0.1, 0.15) is 6.42 Å². The van der Waals surface area contributed by atoms with Gasteiger partial charge in [-0.25, -0.2) is 0 Å². The molecule has 0 bridgehead atoms. The van der Waals surface area contributed by atoms with E-state index in [0.717, 1.165) is 4.47 Å². The summed E-state index contributed by atoms with van der Waals surface area (Å²) in [7, 11) is -1.28. The predicted octanol–water partition coefficient (Wildman–Crippen LogP) is 1.01. The minimum Gasteiger partial charge on any atom is -0.398 e. The van der Waals surface area contributed by atoms with Crippen LogP contribution < -0.4 is 11.5 Å². The summed E-state index contributed by atoms with van der Waals surface area (Å²) < 4.78 is 12.5. The number of benzene rings is 1. The first-order valence-electron chi connectivity index (χ1n) is 4.22. The molecular weight excluding hydrogens is 280 g/mol. The Morgan fingerprint density at radius 3 is 2.73 bits per heavy atom. The van der Waals surface area contributed by atoms with Crippen molar-refractivity contribution in [2.75, 3.05) is 11.5 Å². The molecule has 1 amide bonds. The van der Waals surface area contributed by atoms with E-state index < -0.39 is 16.7 Å². The molecule has 0 fully saturated rings. The van der Waals surface area contributed by atoms with Gasteiger partial charge in [0.15, 0.2) is 0 Å². The number of hydrogen-bond acceptors (Lipinski definition) is 3. The highest BCUT2D eigenvalue weighted by Crippen LogP contribution is 2.21. The molecule has 15 heavy (non-hydrogen) atoms. The Morgan fingerprint density at radius 2 is 2.13 bits per heavy atom. The number of hydrogen-bond donors (Lipinski definition) is 2. The van der Waals surface area contributed by atoms with Crippen LogP contribution in [-0.4, -0.2) is 15.9 Å². The Hall–Kier alpha value is -0.880. The van der Waals surface area contributed by atoms with Crippen molar-refractivity contribution in [2.45, 2.75) is 11.3 Å². The summed E-state index contributed by atoms with van der Waals surface area (Å²) in [6.45, 7) is 0. The van der Waals surface area contributed by atoms with Gasteiger partial charge < -0.3 is 11.5 Å². The van der Waals surface area contributed by atoms with Crippen LogP contribution in [-0.2, 0) is 15.6 Å². The third kappa shape index (κ3) is 3.64. The zero-order chi connectivity index (χ0) is 11.4. The molecule has 0 saturated heterocycles. The number of amides is 1. The number of rotatable bonds is 4. The topological polar surface area (TPSA) is 86.2 Å². The molecule has 0 aliphatic heterocycles. The highest BCUT2D eigenvalue weighted by atomic mass is 79.9. The Bertz CT molecular complexity index is 409. The first-order chi connectivity index (χ1) is 7.00. The van der Waals surface area contributed by atoms with E-state index in [-0.39, 0.29) is 12.2 Å². The molecule has 82 valence electrons. The van der Waals surface area contributed by atoms with E-state index in [2.05, 4.69) is 15.9 Å². The molecule has 0 spiro atoms. The van der Waals surface area contributed by atoms with E-state index in [1.165, 1.54) is 0 Å². The third-order valence-corrected chi connectivity index (χ3v) is 3.67. The first kappa shape index (κ1) is 12.2. The molecule has 0 heterocycles. The second kappa shape index (κ2) is 5.27. The molecule has 0 aliphatic carbocycles.